The number of fused-ring (bicyclic) bond motifs is 1. The number of amides is 1. The minimum Gasteiger partial charge on any atom is -0.497 e. The van der Waals surface area contributed by atoms with E-state index in [0.717, 1.165) is 35.5 Å². The zero-order valence-corrected chi connectivity index (χ0v) is 15.2. The number of hydrogen-bond acceptors (Lipinski definition) is 6. The molecule has 0 fully saturated rings. The fourth-order valence-electron chi connectivity index (χ4n) is 3.66. The molecule has 0 saturated carbocycles. The summed E-state index contributed by atoms with van der Waals surface area (Å²) < 4.78 is 6.87. The van der Waals surface area contributed by atoms with Gasteiger partial charge >= 0.3 is 0 Å². The Hall–Kier alpha value is -3.34. The number of benzene rings is 1. The Morgan fingerprint density at radius 2 is 2.11 bits per heavy atom. The van der Waals surface area contributed by atoms with Crippen LogP contribution >= 0.6 is 0 Å². The Morgan fingerprint density at radius 3 is 2.74 bits per heavy atom. The van der Waals surface area contributed by atoms with E-state index in [1.807, 2.05) is 31.2 Å². The van der Waals surface area contributed by atoms with Crippen molar-refractivity contribution in [1.29, 1.82) is 5.26 Å². The van der Waals surface area contributed by atoms with Crippen molar-refractivity contribution in [3.8, 4) is 11.8 Å². The van der Waals surface area contributed by atoms with Crippen molar-refractivity contribution in [3.63, 3.8) is 0 Å². The summed E-state index contributed by atoms with van der Waals surface area (Å²) in [5.74, 6) is 0.364. The van der Waals surface area contributed by atoms with Gasteiger partial charge in [0.1, 0.15) is 17.5 Å². The topological polar surface area (TPSA) is 104 Å². The second kappa shape index (κ2) is 6.76. The van der Waals surface area contributed by atoms with Gasteiger partial charge in [-0.25, -0.2) is 0 Å². The zero-order valence-electron chi connectivity index (χ0n) is 15.2. The Kier molecular flexibility index (Phi) is 4.28. The molecule has 1 aromatic carbocycles. The predicted octanol–water partition coefficient (Wildman–Crippen LogP) is 1.62. The van der Waals surface area contributed by atoms with Gasteiger partial charge in [-0.3, -0.25) is 9.79 Å². The summed E-state index contributed by atoms with van der Waals surface area (Å²) in [6, 6.07) is 9.62. The van der Waals surface area contributed by atoms with Crippen molar-refractivity contribution in [2.24, 2.45) is 10.9 Å². The molecule has 2 atom stereocenters. The van der Waals surface area contributed by atoms with Gasteiger partial charge in [-0.1, -0.05) is 12.1 Å². The second-order valence-electron chi connectivity index (χ2n) is 6.59. The van der Waals surface area contributed by atoms with Crippen LogP contribution < -0.4 is 15.4 Å². The Bertz CT molecular complexity index is 954. The van der Waals surface area contributed by atoms with Crippen LogP contribution in [0.2, 0.25) is 0 Å². The van der Waals surface area contributed by atoms with Gasteiger partial charge in [0.25, 0.3) is 0 Å². The first-order valence-electron chi connectivity index (χ1n) is 8.86. The van der Waals surface area contributed by atoms with Crippen LogP contribution in [-0.4, -0.2) is 41.8 Å². The third-order valence-electron chi connectivity index (χ3n) is 4.97. The molecule has 138 valence electrons. The molecular weight excluding hydrogens is 344 g/mol. The van der Waals surface area contributed by atoms with E-state index < -0.39 is 11.8 Å². The first-order chi connectivity index (χ1) is 13.1. The van der Waals surface area contributed by atoms with E-state index in [4.69, 9.17) is 4.74 Å². The van der Waals surface area contributed by atoms with Crippen molar-refractivity contribution < 1.29 is 9.53 Å². The maximum Gasteiger partial charge on any atom is 0.243 e. The molecule has 2 aliphatic rings. The number of methoxy groups -OCH3 is 1. The normalized spacial score (nSPS) is 21.4. The van der Waals surface area contributed by atoms with Crippen LogP contribution in [0.1, 0.15) is 29.2 Å². The number of hydrogen-bond donors (Lipinski definition) is 2. The summed E-state index contributed by atoms with van der Waals surface area (Å²) in [6.45, 7) is 3.41. The molecule has 0 spiro atoms. The van der Waals surface area contributed by atoms with Crippen molar-refractivity contribution in [3.05, 3.63) is 41.1 Å². The van der Waals surface area contributed by atoms with Gasteiger partial charge in [-0.2, -0.15) is 15.0 Å². The Morgan fingerprint density at radius 1 is 1.33 bits per heavy atom. The summed E-state index contributed by atoms with van der Waals surface area (Å²) in [6.07, 6.45) is 0.962. The van der Waals surface area contributed by atoms with Crippen molar-refractivity contribution in [2.75, 3.05) is 25.5 Å². The molecule has 3 heterocycles. The van der Waals surface area contributed by atoms with Gasteiger partial charge in [-0.05, 0) is 31.0 Å². The lowest BCUT2D eigenvalue weighted by molar-refractivity contribution is -0.119. The summed E-state index contributed by atoms with van der Waals surface area (Å²) in [4.78, 5) is 17.2. The Balaban J connectivity index is 1.86. The minimum atomic E-state index is -0.830. The number of nitrogens with zero attached hydrogens (tertiary/aromatic N) is 4. The molecule has 2 aromatic rings. The maximum absolute atomic E-state index is 12.7. The highest BCUT2D eigenvalue weighted by atomic mass is 16.5. The lowest BCUT2D eigenvalue weighted by Gasteiger charge is -2.28. The molecule has 4 rings (SSSR count). The number of nitrogens with one attached hydrogen (secondary N) is 2. The van der Waals surface area contributed by atoms with Crippen LogP contribution in [0.25, 0.3) is 0 Å². The largest absolute Gasteiger partial charge is 0.497 e. The number of rotatable bonds is 2. The number of aromatic nitrogens is 2. The highest BCUT2D eigenvalue weighted by Gasteiger charge is 2.41. The van der Waals surface area contributed by atoms with E-state index in [0.29, 0.717) is 18.3 Å². The second-order valence-corrected chi connectivity index (χ2v) is 6.59. The summed E-state index contributed by atoms with van der Waals surface area (Å²) in [5, 5.41) is 20.4. The average Bonchev–Trinajstić information content (AvgIpc) is 3.03. The molecule has 2 N–H and O–H groups in total. The van der Waals surface area contributed by atoms with E-state index in [2.05, 4.69) is 26.8 Å². The maximum atomic E-state index is 12.7. The average molecular weight is 364 g/mol. The first kappa shape index (κ1) is 17.1. The molecule has 0 aliphatic carbocycles. The molecule has 0 radical (unpaired) electrons. The monoisotopic (exact) mass is 364 g/mol. The van der Waals surface area contributed by atoms with Crippen LogP contribution in [0.15, 0.2) is 29.3 Å². The minimum absolute atomic E-state index is 0.330. The summed E-state index contributed by atoms with van der Waals surface area (Å²) >= 11 is 0. The van der Waals surface area contributed by atoms with Crippen LogP contribution in [0, 0.1) is 24.2 Å². The summed E-state index contributed by atoms with van der Waals surface area (Å²) in [7, 11) is 1.60. The van der Waals surface area contributed by atoms with Crippen molar-refractivity contribution in [2.45, 2.75) is 19.3 Å². The molecule has 27 heavy (non-hydrogen) atoms. The van der Waals surface area contributed by atoms with E-state index in [-0.39, 0.29) is 5.91 Å². The van der Waals surface area contributed by atoms with Gasteiger partial charge < -0.3 is 15.4 Å². The lowest BCUT2D eigenvalue weighted by Crippen LogP contribution is -2.39. The zero-order chi connectivity index (χ0) is 19.0. The number of carbonyl (C=O) groups is 1. The van der Waals surface area contributed by atoms with E-state index in [1.54, 1.807) is 11.8 Å². The van der Waals surface area contributed by atoms with E-state index in [1.165, 1.54) is 0 Å². The molecule has 0 saturated heterocycles. The number of aryl methyl sites for hydroxylation is 1. The van der Waals surface area contributed by atoms with Gasteiger partial charge in [0.15, 0.2) is 0 Å². The third-order valence-corrected chi connectivity index (χ3v) is 4.97. The first-order valence-corrected chi connectivity index (χ1v) is 8.86. The van der Waals surface area contributed by atoms with E-state index >= 15 is 0 Å². The molecule has 0 unspecified atom stereocenters. The SMILES string of the molecule is COc1ccc([C@@H]2c3c(C)nn(C4=NCCCN4)c3NC(=O)[C@H]2C#N)cc1. The molecule has 8 heteroatoms. The van der Waals surface area contributed by atoms with Crippen LogP contribution in [0.4, 0.5) is 5.82 Å². The standard InChI is InChI=1S/C19H20N6O2/c1-11-15-16(12-4-6-13(27-2)7-5-12)14(10-20)18(26)23-17(15)25(24-11)19-21-8-3-9-22-19/h4-7,14,16H,3,8-9H2,1-2H3,(H,21,22)(H,23,26)/t14-,16-/m0/s1. The van der Waals surface area contributed by atoms with Gasteiger partial charge in [0.05, 0.1) is 18.9 Å². The molecule has 2 aliphatic heterocycles. The van der Waals surface area contributed by atoms with Gasteiger partial charge in [-0.15, -0.1) is 0 Å². The highest BCUT2D eigenvalue weighted by Crippen LogP contribution is 2.42. The number of ether oxygens (including phenoxy) is 1. The third kappa shape index (κ3) is 2.81. The lowest BCUT2D eigenvalue weighted by atomic mass is 9.78. The van der Waals surface area contributed by atoms with Crippen molar-refractivity contribution >= 4 is 17.7 Å². The van der Waals surface area contributed by atoms with Crippen LogP contribution in [0.5, 0.6) is 5.75 Å². The smallest absolute Gasteiger partial charge is 0.243 e. The fourth-order valence-corrected chi connectivity index (χ4v) is 3.66. The van der Waals surface area contributed by atoms with Crippen LogP contribution in [-0.2, 0) is 4.79 Å². The number of nitriles is 1. The molecule has 8 nitrogen and oxygen atoms in total. The number of aliphatic imine (C=N–C) groups is 1. The van der Waals surface area contributed by atoms with Gasteiger partial charge in [0, 0.05) is 24.6 Å². The molecule has 1 amide bonds. The molecular formula is C19H20N6O2. The quantitative estimate of drug-likeness (QED) is 0.843. The van der Waals surface area contributed by atoms with Gasteiger partial charge in [0.2, 0.25) is 11.9 Å². The fraction of sp³-hybridized carbons (Fsp3) is 0.368. The highest BCUT2D eigenvalue weighted by molar-refractivity contribution is 6.00. The molecule has 0 bridgehead atoms. The number of carbonyl (C=O) groups excluding carboxylic acids is 1. The predicted molar refractivity (Wildman–Crippen MR) is 99.9 cm³/mol. The van der Waals surface area contributed by atoms with Crippen LogP contribution in [0.3, 0.4) is 0 Å². The van der Waals surface area contributed by atoms with E-state index in [9.17, 15) is 10.1 Å². The molecule has 1 aromatic heterocycles. The Labute approximate surface area is 156 Å². The number of anilines is 1. The summed E-state index contributed by atoms with van der Waals surface area (Å²) in [5.41, 5.74) is 2.49. The van der Waals surface area contributed by atoms with Crippen molar-refractivity contribution in [1.82, 2.24) is 15.1 Å².